The summed E-state index contributed by atoms with van der Waals surface area (Å²) in [5, 5.41) is 6.94. The van der Waals surface area contributed by atoms with Crippen LogP contribution < -0.4 is 5.32 Å². The zero-order valence-electron chi connectivity index (χ0n) is 11.1. The molecule has 0 saturated carbocycles. The molecule has 1 atom stereocenters. The van der Waals surface area contributed by atoms with Gasteiger partial charge in [-0.15, -0.1) is 11.3 Å². The van der Waals surface area contributed by atoms with Crippen LogP contribution in [0.1, 0.15) is 31.0 Å². The van der Waals surface area contributed by atoms with E-state index in [9.17, 15) is 0 Å². The number of likely N-dealkylation sites (tertiary alicyclic amines) is 1. The second kappa shape index (κ2) is 5.94. The van der Waals surface area contributed by atoms with Gasteiger partial charge in [0.15, 0.2) is 0 Å². The summed E-state index contributed by atoms with van der Waals surface area (Å²) in [6.45, 7) is 11.1. The van der Waals surface area contributed by atoms with E-state index in [0.29, 0.717) is 6.04 Å². The predicted octanol–water partition coefficient (Wildman–Crippen LogP) is 2.27. The standard InChI is InChI=1S/C13H23N3S/c1-10(2)14-6-12-4-5-16(7-12)8-13-15-11(3)9-17-13/h9-10,12,14H,4-8H2,1-3H3. The second-order valence-electron chi connectivity index (χ2n) is 5.34. The first kappa shape index (κ1) is 13.0. The molecular formula is C13H23N3S. The lowest BCUT2D eigenvalue weighted by Gasteiger charge is -2.16. The van der Waals surface area contributed by atoms with Crippen molar-refractivity contribution in [2.24, 2.45) is 5.92 Å². The van der Waals surface area contributed by atoms with Gasteiger partial charge in [-0.3, -0.25) is 4.90 Å². The van der Waals surface area contributed by atoms with Gasteiger partial charge in [0.05, 0.1) is 6.54 Å². The Kier molecular flexibility index (Phi) is 4.54. The lowest BCUT2D eigenvalue weighted by molar-refractivity contribution is 0.312. The van der Waals surface area contributed by atoms with Gasteiger partial charge in [0.25, 0.3) is 0 Å². The van der Waals surface area contributed by atoms with Gasteiger partial charge >= 0.3 is 0 Å². The van der Waals surface area contributed by atoms with Crippen LogP contribution in [-0.2, 0) is 6.54 Å². The summed E-state index contributed by atoms with van der Waals surface area (Å²) in [6, 6.07) is 0.602. The van der Waals surface area contributed by atoms with E-state index in [4.69, 9.17) is 0 Å². The highest BCUT2D eigenvalue weighted by atomic mass is 32.1. The number of thiazole rings is 1. The molecule has 1 unspecified atom stereocenters. The van der Waals surface area contributed by atoms with Crippen molar-refractivity contribution in [1.29, 1.82) is 0 Å². The minimum absolute atomic E-state index is 0.602. The van der Waals surface area contributed by atoms with E-state index >= 15 is 0 Å². The maximum absolute atomic E-state index is 4.53. The van der Waals surface area contributed by atoms with Crippen molar-refractivity contribution in [3.63, 3.8) is 0 Å². The average molecular weight is 253 g/mol. The Morgan fingerprint density at radius 3 is 3.06 bits per heavy atom. The fourth-order valence-corrected chi connectivity index (χ4v) is 3.11. The SMILES string of the molecule is Cc1csc(CN2CCC(CNC(C)C)C2)n1. The molecule has 0 bridgehead atoms. The molecule has 1 aromatic rings. The first-order chi connectivity index (χ1) is 8.13. The van der Waals surface area contributed by atoms with Crippen LogP contribution in [0.5, 0.6) is 0 Å². The molecule has 1 aromatic heterocycles. The van der Waals surface area contributed by atoms with Crippen molar-refractivity contribution < 1.29 is 0 Å². The molecule has 0 aliphatic carbocycles. The van der Waals surface area contributed by atoms with Crippen molar-refractivity contribution in [1.82, 2.24) is 15.2 Å². The normalized spacial score (nSPS) is 21.5. The largest absolute Gasteiger partial charge is 0.314 e. The summed E-state index contributed by atoms with van der Waals surface area (Å²) in [4.78, 5) is 7.07. The van der Waals surface area contributed by atoms with Crippen LogP contribution in [0.15, 0.2) is 5.38 Å². The van der Waals surface area contributed by atoms with Crippen LogP contribution in [0.3, 0.4) is 0 Å². The molecular weight excluding hydrogens is 230 g/mol. The lowest BCUT2D eigenvalue weighted by Crippen LogP contribution is -2.30. The molecule has 0 radical (unpaired) electrons. The topological polar surface area (TPSA) is 28.2 Å². The van der Waals surface area contributed by atoms with Gasteiger partial charge in [-0.05, 0) is 32.4 Å². The van der Waals surface area contributed by atoms with E-state index in [0.717, 1.165) is 24.7 Å². The van der Waals surface area contributed by atoms with Crippen molar-refractivity contribution in [3.05, 3.63) is 16.1 Å². The first-order valence-corrected chi connectivity index (χ1v) is 7.38. The van der Waals surface area contributed by atoms with E-state index < -0.39 is 0 Å². The van der Waals surface area contributed by atoms with Crippen LogP contribution in [0.2, 0.25) is 0 Å². The van der Waals surface area contributed by atoms with E-state index in [-0.39, 0.29) is 0 Å². The van der Waals surface area contributed by atoms with E-state index in [1.165, 1.54) is 24.5 Å². The molecule has 0 aromatic carbocycles. The van der Waals surface area contributed by atoms with Crippen LogP contribution in [0.25, 0.3) is 0 Å². The fourth-order valence-electron chi connectivity index (χ4n) is 2.29. The third-order valence-corrected chi connectivity index (χ3v) is 4.16. The van der Waals surface area contributed by atoms with Gasteiger partial charge in [-0.2, -0.15) is 0 Å². The molecule has 1 aliphatic rings. The minimum Gasteiger partial charge on any atom is -0.314 e. The van der Waals surface area contributed by atoms with E-state index in [1.54, 1.807) is 11.3 Å². The maximum Gasteiger partial charge on any atom is 0.107 e. The van der Waals surface area contributed by atoms with Gasteiger partial charge < -0.3 is 5.32 Å². The molecule has 3 nitrogen and oxygen atoms in total. The Labute approximate surface area is 108 Å². The van der Waals surface area contributed by atoms with Crippen LogP contribution in [0.4, 0.5) is 0 Å². The summed E-state index contributed by atoms with van der Waals surface area (Å²) in [7, 11) is 0. The highest BCUT2D eigenvalue weighted by Crippen LogP contribution is 2.19. The molecule has 1 N–H and O–H groups in total. The first-order valence-electron chi connectivity index (χ1n) is 6.50. The zero-order valence-corrected chi connectivity index (χ0v) is 11.9. The highest BCUT2D eigenvalue weighted by molar-refractivity contribution is 7.09. The summed E-state index contributed by atoms with van der Waals surface area (Å²) in [6.07, 6.45) is 1.32. The quantitative estimate of drug-likeness (QED) is 0.872. The lowest BCUT2D eigenvalue weighted by atomic mass is 10.1. The second-order valence-corrected chi connectivity index (χ2v) is 6.28. The molecule has 0 spiro atoms. The maximum atomic E-state index is 4.53. The third kappa shape index (κ3) is 4.05. The fraction of sp³-hybridized carbons (Fsp3) is 0.769. The van der Waals surface area contributed by atoms with E-state index in [1.807, 2.05) is 0 Å². The predicted molar refractivity (Wildman–Crippen MR) is 73.4 cm³/mol. The molecule has 1 fully saturated rings. The monoisotopic (exact) mass is 253 g/mol. The Bertz CT molecular complexity index is 348. The van der Waals surface area contributed by atoms with Gasteiger partial charge in [0.2, 0.25) is 0 Å². The Morgan fingerprint density at radius 2 is 2.41 bits per heavy atom. The minimum atomic E-state index is 0.602. The molecule has 96 valence electrons. The summed E-state index contributed by atoms with van der Waals surface area (Å²) < 4.78 is 0. The number of rotatable bonds is 5. The number of aryl methyl sites for hydroxylation is 1. The molecule has 17 heavy (non-hydrogen) atoms. The summed E-state index contributed by atoms with van der Waals surface area (Å²) in [5.41, 5.74) is 1.15. The Morgan fingerprint density at radius 1 is 1.59 bits per heavy atom. The van der Waals surface area contributed by atoms with Crippen molar-refractivity contribution in [3.8, 4) is 0 Å². The van der Waals surface area contributed by atoms with Crippen molar-refractivity contribution in [2.75, 3.05) is 19.6 Å². The van der Waals surface area contributed by atoms with E-state index in [2.05, 4.69) is 41.4 Å². The average Bonchev–Trinajstić information content (AvgIpc) is 2.86. The number of nitrogens with zero attached hydrogens (tertiary/aromatic N) is 2. The van der Waals surface area contributed by atoms with Crippen LogP contribution in [-0.4, -0.2) is 35.6 Å². The Balaban J connectivity index is 1.74. The van der Waals surface area contributed by atoms with Crippen LogP contribution >= 0.6 is 11.3 Å². The van der Waals surface area contributed by atoms with Gasteiger partial charge in [-0.1, -0.05) is 13.8 Å². The van der Waals surface area contributed by atoms with Gasteiger partial charge in [0, 0.05) is 23.7 Å². The van der Waals surface area contributed by atoms with Crippen molar-refractivity contribution in [2.45, 2.75) is 39.8 Å². The zero-order chi connectivity index (χ0) is 12.3. The molecule has 4 heteroatoms. The number of nitrogens with one attached hydrogen (secondary N) is 1. The molecule has 1 aliphatic heterocycles. The molecule has 0 amide bonds. The molecule has 1 saturated heterocycles. The van der Waals surface area contributed by atoms with Crippen LogP contribution in [0, 0.1) is 12.8 Å². The molecule has 2 rings (SSSR count). The smallest absolute Gasteiger partial charge is 0.107 e. The summed E-state index contributed by atoms with van der Waals surface area (Å²) in [5.74, 6) is 0.818. The number of hydrogen-bond acceptors (Lipinski definition) is 4. The number of hydrogen-bond donors (Lipinski definition) is 1. The van der Waals surface area contributed by atoms with Crippen molar-refractivity contribution >= 4 is 11.3 Å². The third-order valence-electron chi connectivity index (χ3n) is 3.21. The number of aromatic nitrogens is 1. The Hall–Kier alpha value is -0.450. The highest BCUT2D eigenvalue weighted by Gasteiger charge is 2.22. The van der Waals surface area contributed by atoms with Gasteiger partial charge in [0.1, 0.15) is 5.01 Å². The summed E-state index contributed by atoms with van der Waals surface area (Å²) >= 11 is 1.79. The molecule has 2 heterocycles. The van der Waals surface area contributed by atoms with Gasteiger partial charge in [-0.25, -0.2) is 4.98 Å².